The van der Waals surface area contributed by atoms with Gasteiger partial charge in [0.2, 0.25) is 5.91 Å². The van der Waals surface area contributed by atoms with Crippen LogP contribution in [0, 0.1) is 40.9 Å². The van der Waals surface area contributed by atoms with Crippen molar-refractivity contribution in [2.45, 2.75) is 83.6 Å². The van der Waals surface area contributed by atoms with Crippen molar-refractivity contribution in [3.63, 3.8) is 0 Å². The minimum Gasteiger partial charge on any atom is -0.353 e. The van der Waals surface area contributed by atoms with E-state index in [0.717, 1.165) is 41.9 Å². The van der Waals surface area contributed by atoms with Crippen LogP contribution < -0.4 is 5.32 Å². The Labute approximate surface area is 141 Å². The summed E-state index contributed by atoms with van der Waals surface area (Å²) in [5, 5.41) is 3.44. The first-order valence-electron chi connectivity index (χ1n) is 10.4. The SMILES string of the molecule is C[C@@H](NC(=O)CC12CC3CC(CC(C3)C1)C2)[C@H]1C[C@H]2CC[C@H]1C2. The zero-order valence-corrected chi connectivity index (χ0v) is 14.7. The van der Waals surface area contributed by atoms with E-state index in [-0.39, 0.29) is 0 Å². The van der Waals surface area contributed by atoms with E-state index in [1.54, 1.807) is 0 Å². The minimum atomic E-state index is 0.377. The molecule has 0 aromatic carbocycles. The summed E-state index contributed by atoms with van der Waals surface area (Å²) in [5.41, 5.74) is 0.396. The van der Waals surface area contributed by atoms with Crippen LogP contribution in [0.15, 0.2) is 0 Å². The molecule has 0 aromatic rings. The maximum atomic E-state index is 12.8. The fraction of sp³-hybridized carbons (Fsp3) is 0.952. The van der Waals surface area contributed by atoms with Crippen molar-refractivity contribution in [1.82, 2.24) is 5.32 Å². The van der Waals surface area contributed by atoms with Gasteiger partial charge in [0, 0.05) is 12.5 Å². The molecule has 23 heavy (non-hydrogen) atoms. The predicted octanol–water partition coefficient (Wildman–Crippen LogP) is 4.53. The van der Waals surface area contributed by atoms with Crippen molar-refractivity contribution in [2.75, 3.05) is 0 Å². The highest BCUT2D eigenvalue weighted by Crippen LogP contribution is 2.61. The van der Waals surface area contributed by atoms with Gasteiger partial charge in [0.1, 0.15) is 0 Å². The quantitative estimate of drug-likeness (QED) is 0.811. The van der Waals surface area contributed by atoms with Gasteiger partial charge >= 0.3 is 0 Å². The molecule has 2 heteroatoms. The Kier molecular flexibility index (Phi) is 3.36. The third-order valence-electron chi connectivity index (χ3n) is 8.52. The zero-order valence-electron chi connectivity index (χ0n) is 14.7. The van der Waals surface area contributed by atoms with E-state index in [4.69, 9.17) is 0 Å². The van der Waals surface area contributed by atoms with Crippen LogP contribution in [0.25, 0.3) is 0 Å². The number of hydrogen-bond donors (Lipinski definition) is 1. The Bertz CT molecular complexity index is 463. The lowest BCUT2D eigenvalue weighted by molar-refractivity contribution is -0.130. The molecule has 0 aliphatic heterocycles. The van der Waals surface area contributed by atoms with Crippen molar-refractivity contribution in [3.05, 3.63) is 0 Å². The summed E-state index contributed by atoms with van der Waals surface area (Å²) in [5.74, 6) is 5.91. The predicted molar refractivity (Wildman–Crippen MR) is 91.8 cm³/mol. The number of carbonyl (C=O) groups excluding carboxylic acids is 1. The highest BCUT2D eigenvalue weighted by molar-refractivity contribution is 5.77. The first-order valence-corrected chi connectivity index (χ1v) is 10.4. The standard InChI is InChI=1S/C21H33NO/c1-13(19-8-14-2-3-18(19)7-14)22-20(23)12-21-9-15-4-16(10-21)6-17(5-15)11-21/h13-19H,2-12H2,1H3,(H,22,23)/t13-,14+,15?,16?,17?,18+,19-,21?/m1/s1. The van der Waals surface area contributed by atoms with Crippen molar-refractivity contribution < 1.29 is 4.79 Å². The van der Waals surface area contributed by atoms with Crippen LogP contribution in [-0.4, -0.2) is 11.9 Å². The maximum Gasteiger partial charge on any atom is 0.220 e. The summed E-state index contributed by atoms with van der Waals surface area (Å²) in [6.07, 6.45) is 15.0. The largest absolute Gasteiger partial charge is 0.353 e. The average molecular weight is 316 g/mol. The molecule has 0 heterocycles. The first-order chi connectivity index (χ1) is 11.1. The monoisotopic (exact) mass is 315 g/mol. The van der Waals surface area contributed by atoms with Crippen LogP contribution in [0.5, 0.6) is 0 Å². The zero-order chi connectivity index (χ0) is 15.6. The fourth-order valence-corrected chi connectivity index (χ4v) is 8.17. The van der Waals surface area contributed by atoms with Gasteiger partial charge in [-0.05, 0) is 106 Å². The summed E-state index contributed by atoms with van der Waals surface area (Å²) in [7, 11) is 0. The molecule has 6 bridgehead atoms. The van der Waals surface area contributed by atoms with Crippen LogP contribution in [-0.2, 0) is 4.79 Å². The lowest BCUT2D eigenvalue weighted by atomic mass is 9.49. The summed E-state index contributed by atoms with van der Waals surface area (Å²) < 4.78 is 0. The smallest absolute Gasteiger partial charge is 0.220 e. The van der Waals surface area contributed by atoms with Gasteiger partial charge in [0.25, 0.3) is 0 Å². The number of nitrogens with one attached hydrogen (secondary N) is 1. The lowest BCUT2D eigenvalue weighted by Gasteiger charge is -2.56. The third kappa shape index (κ3) is 2.55. The van der Waals surface area contributed by atoms with Crippen molar-refractivity contribution in [1.29, 1.82) is 0 Å². The molecule has 4 atom stereocenters. The molecule has 2 nitrogen and oxygen atoms in total. The van der Waals surface area contributed by atoms with E-state index in [1.807, 2.05) is 0 Å². The van der Waals surface area contributed by atoms with E-state index >= 15 is 0 Å². The molecular formula is C21H33NO. The van der Waals surface area contributed by atoms with Crippen LogP contribution >= 0.6 is 0 Å². The van der Waals surface area contributed by atoms with E-state index in [0.29, 0.717) is 17.4 Å². The van der Waals surface area contributed by atoms with Gasteiger partial charge in [-0.25, -0.2) is 0 Å². The van der Waals surface area contributed by atoms with Crippen molar-refractivity contribution in [3.8, 4) is 0 Å². The van der Waals surface area contributed by atoms with Gasteiger partial charge in [-0.15, -0.1) is 0 Å². The second-order valence-electron chi connectivity index (χ2n) is 10.3. The Morgan fingerprint density at radius 1 is 0.957 bits per heavy atom. The second-order valence-corrected chi connectivity index (χ2v) is 10.3. The maximum absolute atomic E-state index is 12.8. The molecule has 0 spiro atoms. The summed E-state index contributed by atoms with van der Waals surface area (Å²) in [4.78, 5) is 12.8. The molecule has 6 aliphatic rings. The topological polar surface area (TPSA) is 29.1 Å². The lowest BCUT2D eigenvalue weighted by Crippen LogP contribution is -2.49. The van der Waals surface area contributed by atoms with Gasteiger partial charge in [-0.1, -0.05) is 6.42 Å². The number of carbonyl (C=O) groups is 1. The number of hydrogen-bond acceptors (Lipinski definition) is 1. The molecule has 6 rings (SSSR count). The molecule has 0 aromatic heterocycles. The number of rotatable bonds is 4. The normalized spacial score (nSPS) is 51.2. The van der Waals surface area contributed by atoms with Crippen LogP contribution in [0.4, 0.5) is 0 Å². The van der Waals surface area contributed by atoms with E-state index in [9.17, 15) is 4.79 Å². The van der Waals surface area contributed by atoms with Gasteiger partial charge < -0.3 is 5.32 Å². The summed E-state index contributed by atoms with van der Waals surface area (Å²) >= 11 is 0. The fourth-order valence-electron chi connectivity index (χ4n) is 8.17. The van der Waals surface area contributed by atoms with Gasteiger partial charge in [-0.2, -0.15) is 0 Å². The van der Waals surface area contributed by atoms with Crippen molar-refractivity contribution >= 4 is 5.91 Å². The minimum absolute atomic E-state index is 0.377. The van der Waals surface area contributed by atoms with Gasteiger partial charge in [0.15, 0.2) is 0 Å². The number of amides is 1. The molecule has 6 saturated carbocycles. The molecule has 0 radical (unpaired) electrons. The molecular weight excluding hydrogens is 282 g/mol. The molecule has 1 amide bonds. The molecule has 128 valence electrons. The summed E-state index contributed by atoms with van der Waals surface area (Å²) in [6, 6.07) is 0.409. The number of fused-ring (bicyclic) bond motifs is 2. The van der Waals surface area contributed by atoms with Crippen molar-refractivity contribution in [2.24, 2.45) is 40.9 Å². The second kappa shape index (κ2) is 5.23. The molecule has 1 N–H and O–H groups in total. The third-order valence-corrected chi connectivity index (χ3v) is 8.52. The van der Waals surface area contributed by atoms with Gasteiger partial charge in [-0.3, -0.25) is 4.79 Å². The molecule has 0 unspecified atom stereocenters. The molecule has 6 aliphatic carbocycles. The van der Waals surface area contributed by atoms with Crippen LogP contribution in [0.3, 0.4) is 0 Å². The van der Waals surface area contributed by atoms with E-state index in [2.05, 4.69) is 12.2 Å². The Balaban J connectivity index is 1.20. The Morgan fingerprint density at radius 2 is 1.61 bits per heavy atom. The highest BCUT2D eigenvalue weighted by Gasteiger charge is 2.51. The van der Waals surface area contributed by atoms with Crippen LogP contribution in [0.2, 0.25) is 0 Å². The molecule has 6 fully saturated rings. The highest BCUT2D eigenvalue weighted by atomic mass is 16.1. The Hall–Kier alpha value is -0.530. The van der Waals surface area contributed by atoms with E-state index in [1.165, 1.54) is 64.2 Å². The first kappa shape index (κ1) is 14.8. The van der Waals surface area contributed by atoms with Gasteiger partial charge in [0.05, 0.1) is 0 Å². The summed E-state index contributed by atoms with van der Waals surface area (Å²) in [6.45, 7) is 2.28. The average Bonchev–Trinajstić information content (AvgIpc) is 3.07. The molecule has 0 saturated heterocycles. The Morgan fingerprint density at radius 3 is 2.13 bits per heavy atom. The van der Waals surface area contributed by atoms with E-state index < -0.39 is 0 Å². The van der Waals surface area contributed by atoms with Crippen LogP contribution in [0.1, 0.15) is 77.6 Å².